The number of rotatable bonds is 4. The number of hydrogen-bond acceptors (Lipinski definition) is 4. The van der Waals surface area contributed by atoms with Crippen LogP contribution in [0.1, 0.15) is 50.4 Å². The van der Waals surface area contributed by atoms with Crippen LogP contribution in [0.15, 0.2) is 24.3 Å². The monoisotopic (exact) mass is 379 g/mol. The minimum Gasteiger partial charge on any atom is -0.496 e. The Kier molecular flexibility index (Phi) is 4.66. The van der Waals surface area contributed by atoms with Gasteiger partial charge in [-0.05, 0) is 44.4 Å². The largest absolute Gasteiger partial charge is 0.496 e. The fourth-order valence-electron chi connectivity index (χ4n) is 3.80. The highest BCUT2D eigenvalue weighted by Gasteiger charge is 2.27. The van der Waals surface area contributed by atoms with Crippen LogP contribution in [0.5, 0.6) is 5.75 Å². The van der Waals surface area contributed by atoms with Gasteiger partial charge in [0, 0.05) is 23.9 Å². The van der Waals surface area contributed by atoms with Crippen molar-refractivity contribution >= 4 is 5.91 Å². The van der Waals surface area contributed by atoms with E-state index in [9.17, 15) is 4.79 Å². The van der Waals surface area contributed by atoms with Crippen LogP contribution in [-0.2, 0) is 13.0 Å². The molecular formula is C21H25N5O2. The highest BCUT2D eigenvalue weighted by Crippen LogP contribution is 2.30. The zero-order valence-electron chi connectivity index (χ0n) is 16.7. The first kappa shape index (κ1) is 18.3. The second-order valence-corrected chi connectivity index (χ2v) is 7.32. The fourth-order valence-corrected chi connectivity index (χ4v) is 3.80. The van der Waals surface area contributed by atoms with Gasteiger partial charge in [-0.1, -0.05) is 18.2 Å². The molecule has 4 rings (SSSR count). The second-order valence-electron chi connectivity index (χ2n) is 7.32. The maximum Gasteiger partial charge on any atom is 0.271 e. The first-order valence-corrected chi connectivity index (χ1v) is 9.47. The van der Waals surface area contributed by atoms with Gasteiger partial charge in [0.2, 0.25) is 0 Å². The molecule has 0 fully saturated rings. The number of H-pyrrole nitrogens is 1. The van der Waals surface area contributed by atoms with Crippen LogP contribution in [0.4, 0.5) is 0 Å². The van der Waals surface area contributed by atoms with E-state index in [1.54, 1.807) is 7.11 Å². The highest BCUT2D eigenvalue weighted by atomic mass is 16.5. The number of ether oxygens (including phenoxy) is 1. The molecule has 0 bridgehead atoms. The number of amides is 1. The summed E-state index contributed by atoms with van der Waals surface area (Å²) in [6, 6.07) is 7.95. The Labute approximate surface area is 164 Å². The van der Waals surface area contributed by atoms with Gasteiger partial charge in [-0.15, -0.1) is 0 Å². The lowest BCUT2D eigenvalue weighted by Gasteiger charge is -2.17. The molecule has 2 aromatic heterocycles. The van der Waals surface area contributed by atoms with Crippen LogP contribution in [0.3, 0.4) is 0 Å². The average molecular weight is 379 g/mol. The summed E-state index contributed by atoms with van der Waals surface area (Å²) in [5.74, 6) is 1.56. The predicted octanol–water partition coefficient (Wildman–Crippen LogP) is 2.66. The van der Waals surface area contributed by atoms with Crippen molar-refractivity contribution in [3.05, 3.63) is 64.0 Å². The summed E-state index contributed by atoms with van der Waals surface area (Å²) in [6.45, 7) is 7.18. The van der Waals surface area contributed by atoms with E-state index in [0.717, 1.165) is 34.2 Å². The van der Waals surface area contributed by atoms with Crippen LogP contribution >= 0.6 is 0 Å². The Morgan fingerprint density at radius 1 is 1.25 bits per heavy atom. The molecule has 0 saturated carbocycles. The molecule has 1 aliphatic rings. The zero-order chi connectivity index (χ0) is 19.8. The van der Waals surface area contributed by atoms with Gasteiger partial charge in [0.15, 0.2) is 0 Å². The molecule has 7 nitrogen and oxygen atoms in total. The summed E-state index contributed by atoms with van der Waals surface area (Å²) in [6.07, 6.45) is 0.692. The van der Waals surface area contributed by atoms with Crippen LogP contribution in [0.25, 0.3) is 0 Å². The zero-order valence-corrected chi connectivity index (χ0v) is 16.7. The van der Waals surface area contributed by atoms with E-state index in [2.05, 4.69) is 33.4 Å². The maximum atomic E-state index is 12.6. The first-order valence-electron chi connectivity index (χ1n) is 9.47. The van der Waals surface area contributed by atoms with Crippen LogP contribution in [0, 0.1) is 20.8 Å². The van der Waals surface area contributed by atoms with E-state index >= 15 is 0 Å². The average Bonchev–Trinajstić information content (AvgIpc) is 3.15. The molecule has 1 amide bonds. The number of carbonyl (C=O) groups is 1. The number of methoxy groups -OCH3 is 1. The number of aromatic nitrogens is 4. The number of hydrogen-bond donors (Lipinski definition) is 2. The quantitative estimate of drug-likeness (QED) is 0.730. The summed E-state index contributed by atoms with van der Waals surface area (Å²) >= 11 is 0. The number of nitrogens with one attached hydrogen (secondary N) is 2. The highest BCUT2D eigenvalue weighted by molar-refractivity contribution is 5.94. The Hall–Kier alpha value is -3.09. The van der Waals surface area contributed by atoms with Gasteiger partial charge >= 0.3 is 0 Å². The van der Waals surface area contributed by atoms with Gasteiger partial charge in [0.1, 0.15) is 17.3 Å². The topological polar surface area (TPSA) is 84.8 Å². The first-order chi connectivity index (χ1) is 13.5. The standard InChI is InChI=1S/C21H25N5O2/c1-12-13(2)25-26(14(12)3)11-19-23-17-9-15(10-22-21(27)20(17)24-19)16-7-5-6-8-18(16)28-4/h5-8,15H,9-11H2,1-4H3,(H,22,27)(H,23,24)/t15-/m1/s1. The summed E-state index contributed by atoms with van der Waals surface area (Å²) in [5.41, 5.74) is 5.73. The number of aryl methyl sites for hydroxylation is 1. The fraction of sp³-hybridized carbons (Fsp3) is 0.381. The van der Waals surface area contributed by atoms with E-state index in [4.69, 9.17) is 4.74 Å². The smallest absolute Gasteiger partial charge is 0.271 e. The summed E-state index contributed by atoms with van der Waals surface area (Å²) in [7, 11) is 1.67. The van der Waals surface area contributed by atoms with Crippen molar-refractivity contribution in [2.75, 3.05) is 13.7 Å². The Balaban J connectivity index is 1.64. The van der Waals surface area contributed by atoms with E-state index in [0.29, 0.717) is 25.2 Å². The lowest BCUT2D eigenvalue weighted by atomic mass is 9.93. The van der Waals surface area contributed by atoms with Crippen molar-refractivity contribution in [3.63, 3.8) is 0 Å². The van der Waals surface area contributed by atoms with Crippen molar-refractivity contribution in [1.82, 2.24) is 25.1 Å². The molecule has 28 heavy (non-hydrogen) atoms. The molecule has 0 radical (unpaired) electrons. The minimum atomic E-state index is -0.139. The van der Waals surface area contributed by atoms with Gasteiger partial charge < -0.3 is 15.0 Å². The van der Waals surface area contributed by atoms with Gasteiger partial charge in [0.25, 0.3) is 5.91 Å². The van der Waals surface area contributed by atoms with Gasteiger partial charge in [-0.2, -0.15) is 5.10 Å². The number of nitrogens with zero attached hydrogens (tertiary/aromatic N) is 3. The third-order valence-electron chi connectivity index (χ3n) is 5.62. The van der Waals surface area contributed by atoms with Crippen molar-refractivity contribution in [2.24, 2.45) is 0 Å². The number of benzene rings is 1. The second kappa shape index (κ2) is 7.14. The molecule has 146 valence electrons. The molecule has 1 atom stereocenters. The van der Waals surface area contributed by atoms with Crippen molar-refractivity contribution in [3.8, 4) is 5.75 Å². The molecular weight excluding hydrogens is 354 g/mol. The van der Waals surface area contributed by atoms with E-state index < -0.39 is 0 Å². The molecule has 2 N–H and O–H groups in total. The molecule has 0 aliphatic carbocycles. The van der Waals surface area contributed by atoms with Crippen molar-refractivity contribution < 1.29 is 9.53 Å². The number of aromatic amines is 1. The van der Waals surface area contributed by atoms with Crippen molar-refractivity contribution in [2.45, 2.75) is 39.7 Å². The predicted molar refractivity (Wildman–Crippen MR) is 106 cm³/mol. The molecule has 0 saturated heterocycles. The minimum absolute atomic E-state index is 0.116. The van der Waals surface area contributed by atoms with Crippen molar-refractivity contribution in [1.29, 1.82) is 0 Å². The van der Waals surface area contributed by atoms with Gasteiger partial charge in [-0.3, -0.25) is 9.48 Å². The SMILES string of the molecule is COc1ccccc1[C@H]1CNC(=O)c2nc(Cn3nc(C)c(C)c3C)[nH]c2C1. The Morgan fingerprint density at radius 3 is 2.75 bits per heavy atom. The van der Waals surface area contributed by atoms with Crippen LogP contribution < -0.4 is 10.1 Å². The van der Waals surface area contributed by atoms with Crippen LogP contribution in [0.2, 0.25) is 0 Å². The third kappa shape index (κ3) is 3.17. The van der Waals surface area contributed by atoms with E-state index in [1.807, 2.05) is 36.7 Å². The lowest BCUT2D eigenvalue weighted by Crippen LogP contribution is -2.26. The molecule has 3 aromatic rings. The molecule has 1 aliphatic heterocycles. The molecule has 0 spiro atoms. The maximum absolute atomic E-state index is 12.6. The number of fused-ring (bicyclic) bond motifs is 1. The van der Waals surface area contributed by atoms with E-state index in [-0.39, 0.29) is 11.8 Å². The molecule has 0 unspecified atom stereocenters. The summed E-state index contributed by atoms with van der Waals surface area (Å²) < 4.78 is 7.44. The lowest BCUT2D eigenvalue weighted by molar-refractivity contribution is 0.0950. The van der Waals surface area contributed by atoms with Crippen LogP contribution in [-0.4, -0.2) is 39.3 Å². The Morgan fingerprint density at radius 2 is 2.04 bits per heavy atom. The normalized spacial score (nSPS) is 16.4. The van der Waals surface area contributed by atoms with Gasteiger partial charge in [-0.25, -0.2) is 4.98 Å². The molecule has 7 heteroatoms. The number of para-hydroxylation sites is 1. The molecule has 1 aromatic carbocycles. The van der Waals surface area contributed by atoms with E-state index in [1.165, 1.54) is 5.56 Å². The third-order valence-corrected chi connectivity index (χ3v) is 5.62. The molecule has 3 heterocycles. The van der Waals surface area contributed by atoms with Gasteiger partial charge in [0.05, 0.1) is 19.3 Å². The summed E-state index contributed by atoms with van der Waals surface area (Å²) in [4.78, 5) is 20.5. The Bertz CT molecular complexity index is 1030. The number of carbonyl (C=O) groups excluding carboxylic acids is 1. The summed E-state index contributed by atoms with van der Waals surface area (Å²) in [5, 5.41) is 7.58. The number of imidazole rings is 1.